The predicted molar refractivity (Wildman–Crippen MR) is 75.6 cm³/mol. The van der Waals surface area contributed by atoms with E-state index in [2.05, 4.69) is 5.32 Å². The van der Waals surface area contributed by atoms with Crippen LogP contribution in [-0.4, -0.2) is 37.4 Å². The third-order valence-electron chi connectivity index (χ3n) is 2.90. The van der Waals surface area contributed by atoms with E-state index in [1.54, 1.807) is 0 Å². The molecule has 20 heavy (non-hydrogen) atoms. The molecule has 0 aliphatic carbocycles. The van der Waals surface area contributed by atoms with Crippen LogP contribution >= 0.6 is 0 Å². The van der Waals surface area contributed by atoms with Gasteiger partial charge in [0.25, 0.3) is 5.69 Å². The molecule has 0 radical (unpaired) electrons. The highest BCUT2D eigenvalue weighted by Gasteiger charge is 2.22. The summed E-state index contributed by atoms with van der Waals surface area (Å²) < 4.78 is 23.2. The lowest BCUT2D eigenvalue weighted by atomic mass is 10.1. The summed E-state index contributed by atoms with van der Waals surface area (Å²) in [6.07, 6.45) is 2.19. The van der Waals surface area contributed by atoms with Crippen LogP contribution in [0.2, 0.25) is 0 Å². The van der Waals surface area contributed by atoms with Crippen molar-refractivity contribution in [3.63, 3.8) is 0 Å². The number of nitro groups is 1. The van der Waals surface area contributed by atoms with E-state index in [4.69, 9.17) is 5.11 Å². The van der Waals surface area contributed by atoms with E-state index in [1.807, 2.05) is 6.92 Å². The van der Waals surface area contributed by atoms with E-state index in [0.29, 0.717) is 12.1 Å². The van der Waals surface area contributed by atoms with Crippen LogP contribution in [0.5, 0.6) is 0 Å². The Labute approximate surface area is 117 Å². The van der Waals surface area contributed by atoms with Crippen LogP contribution in [0.25, 0.3) is 0 Å². The van der Waals surface area contributed by atoms with Crippen LogP contribution < -0.4 is 5.32 Å². The quantitative estimate of drug-likeness (QED) is 0.584. The zero-order chi connectivity index (χ0) is 15.3. The summed E-state index contributed by atoms with van der Waals surface area (Å²) in [5, 5.41) is 22.8. The molecule has 0 bridgehead atoms. The average molecular weight is 302 g/mol. The van der Waals surface area contributed by atoms with Gasteiger partial charge in [-0.15, -0.1) is 0 Å². The Kier molecular flexibility index (Phi) is 5.46. The van der Waals surface area contributed by atoms with Crippen LogP contribution in [0.3, 0.4) is 0 Å². The van der Waals surface area contributed by atoms with Gasteiger partial charge in [-0.2, -0.15) is 0 Å². The normalized spacial score (nSPS) is 12.9. The third-order valence-corrected chi connectivity index (χ3v) is 4.02. The smallest absolute Gasteiger partial charge is 0.288 e. The van der Waals surface area contributed by atoms with Gasteiger partial charge in [0, 0.05) is 30.7 Å². The van der Waals surface area contributed by atoms with E-state index in [-0.39, 0.29) is 17.5 Å². The summed E-state index contributed by atoms with van der Waals surface area (Å²) in [5.41, 5.74) is 0.0459. The molecule has 1 rings (SSSR count). The van der Waals surface area contributed by atoms with E-state index in [1.165, 1.54) is 18.2 Å². The fraction of sp³-hybridized carbons (Fsp3) is 0.500. The van der Waals surface area contributed by atoms with Crippen molar-refractivity contribution in [3.05, 3.63) is 28.3 Å². The van der Waals surface area contributed by atoms with Crippen molar-refractivity contribution in [2.24, 2.45) is 0 Å². The first-order chi connectivity index (χ1) is 9.29. The summed E-state index contributed by atoms with van der Waals surface area (Å²) in [4.78, 5) is 9.82. The van der Waals surface area contributed by atoms with Gasteiger partial charge < -0.3 is 10.4 Å². The van der Waals surface area contributed by atoms with Crippen molar-refractivity contribution < 1.29 is 18.4 Å². The SMILES string of the molecule is CCC(CCO)Nc1ccc([N+](=O)[O-])c(S(C)(=O)=O)c1. The van der Waals surface area contributed by atoms with Crippen LogP contribution in [0, 0.1) is 10.1 Å². The molecule has 0 heterocycles. The molecule has 8 heteroatoms. The minimum atomic E-state index is -3.69. The van der Waals surface area contributed by atoms with Crippen LogP contribution in [0.15, 0.2) is 23.1 Å². The zero-order valence-corrected chi connectivity index (χ0v) is 12.2. The number of nitrogens with zero attached hydrogens (tertiary/aromatic N) is 1. The fourth-order valence-corrected chi connectivity index (χ4v) is 2.69. The van der Waals surface area contributed by atoms with E-state index >= 15 is 0 Å². The van der Waals surface area contributed by atoms with Gasteiger partial charge in [-0.05, 0) is 25.0 Å². The fourth-order valence-electron chi connectivity index (χ4n) is 1.82. The summed E-state index contributed by atoms with van der Waals surface area (Å²) in [7, 11) is -3.69. The molecule has 0 aromatic heterocycles. The molecule has 112 valence electrons. The monoisotopic (exact) mass is 302 g/mol. The Hall–Kier alpha value is -1.67. The van der Waals surface area contributed by atoms with Crippen molar-refractivity contribution in [2.45, 2.75) is 30.7 Å². The lowest BCUT2D eigenvalue weighted by Gasteiger charge is -2.17. The summed E-state index contributed by atoms with van der Waals surface area (Å²) in [5.74, 6) is 0. The molecule has 0 fully saturated rings. The van der Waals surface area contributed by atoms with Crippen molar-refractivity contribution in [1.29, 1.82) is 0 Å². The van der Waals surface area contributed by atoms with Crippen molar-refractivity contribution >= 4 is 21.2 Å². The molecule has 0 amide bonds. The molecule has 0 saturated carbocycles. The number of hydrogen-bond acceptors (Lipinski definition) is 6. The molecule has 1 aromatic rings. The molecule has 1 unspecified atom stereocenters. The number of rotatable bonds is 7. The maximum atomic E-state index is 11.6. The van der Waals surface area contributed by atoms with Crippen molar-refractivity contribution in [1.82, 2.24) is 0 Å². The van der Waals surface area contributed by atoms with Crippen LogP contribution in [-0.2, 0) is 9.84 Å². The topological polar surface area (TPSA) is 110 Å². The Morgan fingerprint density at radius 2 is 2.10 bits per heavy atom. The third kappa shape index (κ3) is 4.17. The maximum absolute atomic E-state index is 11.6. The predicted octanol–water partition coefficient (Wildman–Crippen LogP) is 1.57. The lowest BCUT2D eigenvalue weighted by Crippen LogP contribution is -2.20. The van der Waals surface area contributed by atoms with E-state index < -0.39 is 20.4 Å². The van der Waals surface area contributed by atoms with Gasteiger partial charge in [0.1, 0.15) is 4.90 Å². The lowest BCUT2D eigenvalue weighted by molar-refractivity contribution is -0.387. The van der Waals surface area contributed by atoms with Crippen molar-refractivity contribution in [3.8, 4) is 0 Å². The maximum Gasteiger partial charge on any atom is 0.288 e. The summed E-state index contributed by atoms with van der Waals surface area (Å²) in [6.45, 7) is 1.94. The molecule has 2 N–H and O–H groups in total. The molecule has 0 aliphatic heterocycles. The molecular formula is C12H18N2O5S. The van der Waals surface area contributed by atoms with Gasteiger partial charge in [0.05, 0.1) is 4.92 Å². The largest absolute Gasteiger partial charge is 0.396 e. The summed E-state index contributed by atoms with van der Waals surface area (Å²) >= 11 is 0. The van der Waals surface area contributed by atoms with Crippen LogP contribution in [0.4, 0.5) is 11.4 Å². The number of aliphatic hydroxyl groups excluding tert-OH is 1. The van der Waals surface area contributed by atoms with Gasteiger partial charge in [-0.25, -0.2) is 8.42 Å². The van der Waals surface area contributed by atoms with E-state index in [0.717, 1.165) is 12.7 Å². The van der Waals surface area contributed by atoms with Gasteiger partial charge in [0.15, 0.2) is 9.84 Å². The second-order valence-corrected chi connectivity index (χ2v) is 6.46. The second kappa shape index (κ2) is 6.67. The highest BCUT2D eigenvalue weighted by Crippen LogP contribution is 2.27. The Morgan fingerprint density at radius 3 is 2.55 bits per heavy atom. The van der Waals surface area contributed by atoms with Gasteiger partial charge in [-0.3, -0.25) is 10.1 Å². The van der Waals surface area contributed by atoms with Gasteiger partial charge in [0.2, 0.25) is 0 Å². The molecule has 1 atom stereocenters. The average Bonchev–Trinajstić information content (AvgIpc) is 2.36. The minimum Gasteiger partial charge on any atom is -0.396 e. The summed E-state index contributed by atoms with van der Waals surface area (Å²) in [6, 6.07) is 3.87. The highest BCUT2D eigenvalue weighted by molar-refractivity contribution is 7.90. The van der Waals surface area contributed by atoms with E-state index in [9.17, 15) is 18.5 Å². The van der Waals surface area contributed by atoms with Gasteiger partial charge >= 0.3 is 0 Å². The number of benzene rings is 1. The highest BCUT2D eigenvalue weighted by atomic mass is 32.2. The molecular weight excluding hydrogens is 284 g/mol. The first kappa shape index (κ1) is 16.4. The Bertz CT molecular complexity index is 586. The molecule has 0 saturated heterocycles. The number of nitro benzene ring substituents is 1. The first-order valence-electron chi connectivity index (χ1n) is 6.15. The molecule has 0 spiro atoms. The molecule has 7 nitrogen and oxygen atoms in total. The second-order valence-electron chi connectivity index (χ2n) is 4.47. The Morgan fingerprint density at radius 1 is 1.45 bits per heavy atom. The zero-order valence-electron chi connectivity index (χ0n) is 11.4. The minimum absolute atomic E-state index is 0.0113. The van der Waals surface area contributed by atoms with Gasteiger partial charge in [-0.1, -0.05) is 6.92 Å². The standard InChI is InChI=1S/C12H18N2O5S/c1-3-9(6-7-15)13-10-4-5-11(14(16)17)12(8-10)20(2,18)19/h4-5,8-9,13,15H,3,6-7H2,1-2H3. The number of nitrogens with one attached hydrogen (secondary N) is 1. The molecule has 1 aromatic carbocycles. The first-order valence-corrected chi connectivity index (χ1v) is 8.04. The number of anilines is 1. The molecule has 0 aliphatic rings. The van der Waals surface area contributed by atoms with Crippen LogP contribution in [0.1, 0.15) is 19.8 Å². The number of aliphatic hydroxyl groups is 1. The van der Waals surface area contributed by atoms with Crippen molar-refractivity contribution in [2.75, 3.05) is 18.2 Å². The number of sulfone groups is 1. The Balaban J connectivity index is 3.16. The number of hydrogen-bond donors (Lipinski definition) is 2.